The number of benzene rings is 3. The molecule has 10 heteroatoms. The molecule has 3 aromatic carbocycles. The van der Waals surface area contributed by atoms with Gasteiger partial charge in [-0.1, -0.05) is 29.8 Å². The maximum atomic E-state index is 12.6. The van der Waals surface area contributed by atoms with Gasteiger partial charge in [-0.25, -0.2) is 0 Å². The number of ether oxygens (including phenoxy) is 1. The Morgan fingerprint density at radius 3 is 2.59 bits per heavy atom. The first kappa shape index (κ1) is 22.8. The molecule has 0 saturated heterocycles. The predicted molar refractivity (Wildman–Crippen MR) is 128 cm³/mol. The molecular formula is C24H18ClN3O6. The van der Waals surface area contributed by atoms with Crippen molar-refractivity contribution in [3.8, 4) is 5.75 Å². The topological polar surface area (TPSA) is 124 Å². The van der Waals surface area contributed by atoms with Gasteiger partial charge in [0, 0.05) is 22.8 Å². The summed E-state index contributed by atoms with van der Waals surface area (Å²) >= 11 is 5.97. The monoisotopic (exact) mass is 479 g/mol. The first-order chi connectivity index (χ1) is 16.3. The van der Waals surface area contributed by atoms with Gasteiger partial charge in [0.2, 0.25) is 0 Å². The lowest BCUT2D eigenvalue weighted by Gasteiger charge is -2.11. The second kappa shape index (κ2) is 9.63. The summed E-state index contributed by atoms with van der Waals surface area (Å²) in [6, 6.07) is 17.7. The number of carbonyl (C=O) groups is 2. The molecule has 1 aromatic heterocycles. The zero-order chi connectivity index (χ0) is 24.2. The lowest BCUT2D eigenvalue weighted by molar-refractivity contribution is -0.384. The van der Waals surface area contributed by atoms with Crippen LogP contribution in [0.1, 0.15) is 16.1 Å². The van der Waals surface area contributed by atoms with Gasteiger partial charge >= 0.3 is 0 Å². The van der Waals surface area contributed by atoms with Crippen LogP contribution in [-0.2, 0) is 4.79 Å². The van der Waals surface area contributed by atoms with Crippen molar-refractivity contribution >= 4 is 51.4 Å². The van der Waals surface area contributed by atoms with E-state index in [1.54, 1.807) is 37.3 Å². The summed E-state index contributed by atoms with van der Waals surface area (Å²) in [4.78, 5) is 35.1. The summed E-state index contributed by atoms with van der Waals surface area (Å²) in [5, 5.41) is 17.3. The van der Waals surface area contributed by atoms with Crippen LogP contribution in [0.15, 0.2) is 71.1 Å². The molecule has 2 amide bonds. The minimum absolute atomic E-state index is 0.0332. The van der Waals surface area contributed by atoms with Gasteiger partial charge in [-0.05, 0) is 48.9 Å². The van der Waals surface area contributed by atoms with Gasteiger partial charge in [0.1, 0.15) is 11.3 Å². The van der Waals surface area contributed by atoms with Gasteiger partial charge in [0.15, 0.2) is 12.4 Å². The van der Waals surface area contributed by atoms with Crippen LogP contribution < -0.4 is 15.4 Å². The van der Waals surface area contributed by atoms with E-state index in [2.05, 4.69) is 10.6 Å². The van der Waals surface area contributed by atoms with E-state index in [9.17, 15) is 19.7 Å². The number of non-ortho nitro benzene ring substituents is 1. The van der Waals surface area contributed by atoms with Crippen molar-refractivity contribution in [2.75, 3.05) is 17.2 Å². The second-order valence-electron chi connectivity index (χ2n) is 7.34. The van der Waals surface area contributed by atoms with Crippen molar-refractivity contribution in [1.29, 1.82) is 0 Å². The normalized spacial score (nSPS) is 10.6. The summed E-state index contributed by atoms with van der Waals surface area (Å²) in [6.07, 6.45) is 0. The number of aryl methyl sites for hydroxylation is 1. The average molecular weight is 480 g/mol. The average Bonchev–Trinajstić information content (AvgIpc) is 3.25. The van der Waals surface area contributed by atoms with Crippen molar-refractivity contribution in [2.45, 2.75) is 6.92 Å². The van der Waals surface area contributed by atoms with E-state index < -0.39 is 23.3 Å². The number of para-hydroxylation sites is 1. The molecule has 0 radical (unpaired) electrons. The van der Waals surface area contributed by atoms with Crippen LogP contribution in [0, 0.1) is 17.0 Å². The highest BCUT2D eigenvalue weighted by molar-refractivity contribution is 6.32. The molecule has 4 aromatic rings. The minimum Gasteiger partial charge on any atom is -0.482 e. The Balaban J connectivity index is 1.37. The molecule has 0 fully saturated rings. The number of nitro benzene ring substituents is 1. The molecule has 0 atom stereocenters. The molecule has 34 heavy (non-hydrogen) atoms. The van der Waals surface area contributed by atoms with E-state index in [1.807, 2.05) is 18.2 Å². The fourth-order valence-corrected chi connectivity index (χ4v) is 3.39. The Kier molecular flexibility index (Phi) is 6.46. The van der Waals surface area contributed by atoms with Crippen molar-refractivity contribution in [3.63, 3.8) is 0 Å². The molecule has 0 aliphatic rings. The third kappa shape index (κ3) is 5.16. The fourth-order valence-electron chi connectivity index (χ4n) is 3.22. The first-order valence-electron chi connectivity index (χ1n) is 10.1. The number of carbonyl (C=O) groups excluding carboxylic acids is 2. The molecular weight excluding hydrogens is 462 g/mol. The predicted octanol–water partition coefficient (Wildman–Crippen LogP) is 5.57. The maximum absolute atomic E-state index is 12.6. The summed E-state index contributed by atoms with van der Waals surface area (Å²) in [5.74, 6) is -0.653. The van der Waals surface area contributed by atoms with Crippen LogP contribution in [-0.4, -0.2) is 23.3 Å². The van der Waals surface area contributed by atoms with Gasteiger partial charge in [0.05, 0.1) is 16.0 Å². The van der Waals surface area contributed by atoms with Gasteiger partial charge in [0.25, 0.3) is 17.5 Å². The van der Waals surface area contributed by atoms with E-state index >= 15 is 0 Å². The quantitative estimate of drug-likeness (QED) is 0.263. The van der Waals surface area contributed by atoms with Gasteiger partial charge in [-0.3, -0.25) is 19.7 Å². The highest BCUT2D eigenvalue weighted by Gasteiger charge is 2.15. The molecule has 2 N–H and O–H groups in total. The minimum atomic E-state index is -0.583. The number of rotatable bonds is 7. The molecule has 9 nitrogen and oxygen atoms in total. The van der Waals surface area contributed by atoms with Crippen molar-refractivity contribution in [2.24, 2.45) is 0 Å². The van der Waals surface area contributed by atoms with Crippen LogP contribution in [0.25, 0.3) is 11.0 Å². The number of nitrogens with one attached hydrogen (secondary N) is 2. The Morgan fingerprint density at radius 2 is 1.85 bits per heavy atom. The summed E-state index contributed by atoms with van der Waals surface area (Å²) < 4.78 is 10.9. The highest BCUT2D eigenvalue weighted by Crippen LogP contribution is 2.29. The van der Waals surface area contributed by atoms with E-state index in [0.717, 1.165) is 11.5 Å². The maximum Gasteiger partial charge on any atom is 0.291 e. The summed E-state index contributed by atoms with van der Waals surface area (Å²) in [7, 11) is 0. The smallest absolute Gasteiger partial charge is 0.291 e. The van der Waals surface area contributed by atoms with Crippen molar-refractivity contribution in [3.05, 3.63) is 93.2 Å². The standard InChI is InChI=1S/C24H18ClN3O6/c1-14-10-16(26-23(29)13-33-21-12-17(28(31)32)7-8-18(21)25)6-9-19(14)27-24(30)22-11-15-4-2-3-5-20(15)34-22/h2-12H,13H2,1H3,(H,26,29)(H,27,30). The Bertz CT molecular complexity index is 1380. The van der Waals surface area contributed by atoms with Crippen LogP contribution >= 0.6 is 11.6 Å². The molecule has 0 unspecified atom stereocenters. The number of hydrogen-bond acceptors (Lipinski definition) is 6. The Labute approximate surface area is 198 Å². The third-order valence-electron chi connectivity index (χ3n) is 4.89. The first-order valence-corrected chi connectivity index (χ1v) is 10.4. The number of anilines is 2. The van der Waals surface area contributed by atoms with Crippen LogP contribution in [0.4, 0.5) is 17.1 Å². The lowest BCUT2D eigenvalue weighted by atomic mass is 10.1. The molecule has 0 aliphatic carbocycles. The molecule has 0 bridgehead atoms. The van der Waals surface area contributed by atoms with E-state index in [0.29, 0.717) is 22.5 Å². The SMILES string of the molecule is Cc1cc(NC(=O)COc2cc([N+](=O)[O-])ccc2Cl)ccc1NC(=O)c1cc2ccccc2o1. The molecule has 0 aliphatic heterocycles. The van der Waals surface area contributed by atoms with Crippen LogP contribution in [0.3, 0.4) is 0 Å². The highest BCUT2D eigenvalue weighted by atomic mass is 35.5. The van der Waals surface area contributed by atoms with Crippen LogP contribution in [0.5, 0.6) is 5.75 Å². The number of furan rings is 1. The summed E-state index contributed by atoms with van der Waals surface area (Å²) in [6.45, 7) is 1.38. The third-order valence-corrected chi connectivity index (χ3v) is 5.20. The largest absolute Gasteiger partial charge is 0.482 e. The Morgan fingerprint density at radius 1 is 1.06 bits per heavy atom. The fraction of sp³-hybridized carbons (Fsp3) is 0.0833. The number of fused-ring (bicyclic) bond motifs is 1. The van der Waals surface area contributed by atoms with Crippen LogP contribution in [0.2, 0.25) is 5.02 Å². The van der Waals surface area contributed by atoms with Gasteiger partial charge < -0.3 is 19.8 Å². The molecule has 0 saturated carbocycles. The number of halogens is 1. The van der Waals surface area contributed by atoms with Crippen molar-refractivity contribution < 1.29 is 23.7 Å². The van der Waals surface area contributed by atoms with Gasteiger partial charge in [-0.15, -0.1) is 0 Å². The van der Waals surface area contributed by atoms with Crippen molar-refractivity contribution in [1.82, 2.24) is 0 Å². The zero-order valence-corrected chi connectivity index (χ0v) is 18.6. The number of hydrogen-bond donors (Lipinski definition) is 2. The molecule has 0 spiro atoms. The number of nitro groups is 1. The van der Waals surface area contributed by atoms with E-state index in [1.165, 1.54) is 12.1 Å². The number of amides is 2. The second-order valence-corrected chi connectivity index (χ2v) is 7.75. The number of nitrogens with zero attached hydrogens (tertiary/aromatic N) is 1. The molecule has 1 heterocycles. The van der Waals surface area contributed by atoms with E-state index in [4.69, 9.17) is 20.8 Å². The summed E-state index contributed by atoms with van der Waals surface area (Å²) in [5.41, 5.74) is 2.18. The zero-order valence-electron chi connectivity index (χ0n) is 17.8. The van der Waals surface area contributed by atoms with E-state index in [-0.39, 0.29) is 22.2 Å². The molecule has 172 valence electrons. The lowest BCUT2D eigenvalue weighted by Crippen LogP contribution is -2.20. The molecule has 4 rings (SSSR count). The Hall–Kier alpha value is -4.37. The van der Waals surface area contributed by atoms with Gasteiger partial charge in [-0.2, -0.15) is 0 Å².